The lowest BCUT2D eigenvalue weighted by atomic mass is 9.94. The first-order valence-corrected chi connectivity index (χ1v) is 11.4. The summed E-state index contributed by atoms with van der Waals surface area (Å²) >= 11 is 1.14. The molecule has 2 aromatic carbocycles. The van der Waals surface area contributed by atoms with E-state index in [2.05, 4.69) is 10.2 Å². The first-order valence-electron chi connectivity index (χ1n) is 10.6. The van der Waals surface area contributed by atoms with Crippen molar-refractivity contribution in [2.75, 3.05) is 25.2 Å². The molecule has 10 nitrogen and oxygen atoms in total. The second kappa shape index (κ2) is 8.84. The number of fused-ring (bicyclic) bond motifs is 1. The number of hydrogen-bond donors (Lipinski definition) is 1. The Morgan fingerprint density at radius 2 is 1.74 bits per heavy atom. The minimum atomic E-state index is -0.998. The van der Waals surface area contributed by atoms with Gasteiger partial charge < -0.3 is 19.3 Å². The van der Waals surface area contributed by atoms with Crippen molar-refractivity contribution in [1.29, 1.82) is 0 Å². The largest absolute Gasteiger partial charge is 0.507 e. The number of methoxy groups -OCH3 is 1. The maximum Gasteiger partial charge on any atom is 0.337 e. The van der Waals surface area contributed by atoms with Gasteiger partial charge in [0, 0.05) is 5.56 Å². The SMILES string of the molecule is COC(=O)c1ccc([C@@H]2C(=C(O)c3ccc4c(c3)OCCO4)C(=O)C(=O)N2c2nnc(C)s2)cc1. The number of aryl methyl sites for hydroxylation is 1. The summed E-state index contributed by atoms with van der Waals surface area (Å²) in [5.41, 5.74) is 0.956. The molecule has 1 N–H and O–H groups in total. The Morgan fingerprint density at radius 3 is 2.40 bits per heavy atom. The van der Waals surface area contributed by atoms with Gasteiger partial charge in [0.05, 0.1) is 24.3 Å². The predicted octanol–water partition coefficient (Wildman–Crippen LogP) is 3.03. The van der Waals surface area contributed by atoms with Gasteiger partial charge in [0.25, 0.3) is 5.78 Å². The highest BCUT2D eigenvalue weighted by molar-refractivity contribution is 7.15. The molecule has 2 aliphatic heterocycles. The van der Waals surface area contributed by atoms with E-state index in [1.807, 2.05) is 0 Å². The van der Waals surface area contributed by atoms with E-state index in [9.17, 15) is 19.5 Å². The molecule has 0 bridgehead atoms. The minimum absolute atomic E-state index is 0.120. The van der Waals surface area contributed by atoms with Gasteiger partial charge in [-0.15, -0.1) is 10.2 Å². The van der Waals surface area contributed by atoms with E-state index in [0.717, 1.165) is 11.3 Å². The Hall–Kier alpha value is -4.25. The van der Waals surface area contributed by atoms with Gasteiger partial charge in [0.2, 0.25) is 5.13 Å². The Kier molecular flexibility index (Phi) is 5.69. The number of carbonyl (C=O) groups excluding carboxylic acids is 3. The lowest BCUT2D eigenvalue weighted by Crippen LogP contribution is -2.29. The first-order chi connectivity index (χ1) is 16.9. The fraction of sp³-hybridized carbons (Fsp3) is 0.208. The molecular weight excluding hydrogens is 474 g/mol. The van der Waals surface area contributed by atoms with Crippen molar-refractivity contribution >= 4 is 39.9 Å². The van der Waals surface area contributed by atoms with E-state index >= 15 is 0 Å². The fourth-order valence-corrected chi connectivity index (χ4v) is 4.71. The number of carbonyl (C=O) groups is 3. The van der Waals surface area contributed by atoms with Gasteiger partial charge in [0.1, 0.15) is 24.0 Å². The maximum absolute atomic E-state index is 13.2. The molecule has 0 radical (unpaired) electrons. The van der Waals surface area contributed by atoms with E-state index < -0.39 is 23.7 Å². The van der Waals surface area contributed by atoms with Crippen LogP contribution in [0.5, 0.6) is 11.5 Å². The van der Waals surface area contributed by atoms with Gasteiger partial charge in [-0.3, -0.25) is 14.5 Å². The van der Waals surface area contributed by atoms with Crippen LogP contribution in [-0.2, 0) is 14.3 Å². The average molecular weight is 493 g/mol. The van der Waals surface area contributed by atoms with Crippen LogP contribution in [0.4, 0.5) is 5.13 Å². The molecular formula is C24H19N3O7S. The van der Waals surface area contributed by atoms with Crippen LogP contribution in [0, 0.1) is 6.92 Å². The number of benzene rings is 2. The molecule has 1 amide bonds. The smallest absolute Gasteiger partial charge is 0.337 e. The van der Waals surface area contributed by atoms with Crippen LogP contribution in [0.25, 0.3) is 5.76 Å². The van der Waals surface area contributed by atoms with E-state index in [1.54, 1.807) is 37.3 Å². The average Bonchev–Trinajstić information content (AvgIpc) is 3.43. The predicted molar refractivity (Wildman–Crippen MR) is 125 cm³/mol. The highest BCUT2D eigenvalue weighted by atomic mass is 32.1. The number of ketones is 1. The third-order valence-electron chi connectivity index (χ3n) is 5.63. The van der Waals surface area contributed by atoms with Crippen molar-refractivity contribution in [3.05, 3.63) is 69.7 Å². The van der Waals surface area contributed by atoms with Gasteiger partial charge >= 0.3 is 11.9 Å². The number of aromatic nitrogens is 2. The molecule has 35 heavy (non-hydrogen) atoms. The topological polar surface area (TPSA) is 128 Å². The number of nitrogens with zero attached hydrogens (tertiary/aromatic N) is 3. The second-order valence-electron chi connectivity index (χ2n) is 7.74. The van der Waals surface area contributed by atoms with Crippen molar-refractivity contribution in [3.63, 3.8) is 0 Å². The minimum Gasteiger partial charge on any atom is -0.507 e. The number of Topliss-reactive ketones (excluding diaryl/α,β-unsaturated/α-hetero) is 1. The summed E-state index contributed by atoms with van der Waals surface area (Å²) in [4.78, 5) is 39.5. The molecule has 5 rings (SSSR count). The van der Waals surface area contributed by atoms with Crippen LogP contribution in [0.1, 0.15) is 32.5 Å². The van der Waals surface area contributed by atoms with Gasteiger partial charge in [-0.2, -0.15) is 0 Å². The van der Waals surface area contributed by atoms with Crippen molar-refractivity contribution in [1.82, 2.24) is 10.2 Å². The van der Waals surface area contributed by atoms with E-state index in [4.69, 9.17) is 14.2 Å². The third-order valence-corrected chi connectivity index (χ3v) is 6.47. The highest BCUT2D eigenvalue weighted by Crippen LogP contribution is 2.43. The Morgan fingerprint density at radius 1 is 1.06 bits per heavy atom. The third kappa shape index (κ3) is 3.89. The molecule has 3 heterocycles. The Balaban J connectivity index is 1.66. The Bertz CT molecular complexity index is 1380. The summed E-state index contributed by atoms with van der Waals surface area (Å²) in [5.74, 6) is -1.66. The fourth-order valence-electron chi connectivity index (χ4n) is 3.99. The van der Waals surface area contributed by atoms with Crippen molar-refractivity contribution < 1.29 is 33.7 Å². The molecule has 1 aromatic heterocycles. The molecule has 3 aromatic rings. The molecule has 0 aliphatic carbocycles. The van der Waals surface area contributed by atoms with Gasteiger partial charge in [-0.05, 0) is 42.8 Å². The van der Waals surface area contributed by atoms with Gasteiger partial charge in [0.15, 0.2) is 11.5 Å². The number of aliphatic hydroxyl groups is 1. The summed E-state index contributed by atoms with van der Waals surface area (Å²) in [6, 6.07) is 10.0. The van der Waals surface area contributed by atoms with E-state index in [0.29, 0.717) is 40.8 Å². The lowest BCUT2D eigenvalue weighted by molar-refractivity contribution is -0.132. The second-order valence-corrected chi connectivity index (χ2v) is 8.90. The molecule has 178 valence electrons. The summed E-state index contributed by atoms with van der Waals surface area (Å²) in [7, 11) is 1.27. The number of esters is 1. The maximum atomic E-state index is 13.2. The van der Waals surface area contributed by atoms with Gasteiger partial charge in [-0.1, -0.05) is 23.5 Å². The Labute approximate surface area is 203 Å². The normalized spacial score (nSPS) is 18.6. The number of amides is 1. The number of rotatable bonds is 4. The molecule has 2 aliphatic rings. The monoisotopic (exact) mass is 493 g/mol. The van der Waals surface area contributed by atoms with E-state index in [1.165, 1.54) is 24.1 Å². The van der Waals surface area contributed by atoms with Crippen LogP contribution >= 0.6 is 11.3 Å². The zero-order valence-corrected chi connectivity index (χ0v) is 19.5. The number of aliphatic hydroxyl groups excluding tert-OH is 1. The molecule has 0 unspecified atom stereocenters. The first kappa shape index (κ1) is 22.5. The zero-order valence-electron chi connectivity index (χ0n) is 18.7. The number of hydrogen-bond acceptors (Lipinski definition) is 10. The summed E-state index contributed by atoms with van der Waals surface area (Å²) < 4.78 is 15.9. The van der Waals surface area contributed by atoms with Crippen LogP contribution in [0.2, 0.25) is 0 Å². The molecule has 1 fully saturated rings. The van der Waals surface area contributed by atoms with Crippen LogP contribution < -0.4 is 14.4 Å². The number of anilines is 1. The van der Waals surface area contributed by atoms with Crippen LogP contribution in [-0.4, -0.2) is 53.3 Å². The van der Waals surface area contributed by atoms with Crippen molar-refractivity contribution in [2.24, 2.45) is 0 Å². The molecule has 0 spiro atoms. The van der Waals surface area contributed by atoms with Crippen molar-refractivity contribution in [3.8, 4) is 11.5 Å². The van der Waals surface area contributed by atoms with Gasteiger partial charge in [-0.25, -0.2) is 4.79 Å². The molecule has 0 saturated carbocycles. The lowest BCUT2D eigenvalue weighted by Gasteiger charge is -2.23. The standard InChI is InChI=1S/C24H19N3O7S/c1-12-25-26-24(35-12)27-19(13-3-5-14(6-4-13)23(31)32-2)18(21(29)22(27)30)20(28)15-7-8-16-17(11-15)34-10-9-33-16/h3-8,11,19,28H,9-10H2,1-2H3/t19-/m1/s1. The molecule has 1 saturated heterocycles. The van der Waals surface area contributed by atoms with Crippen molar-refractivity contribution in [2.45, 2.75) is 13.0 Å². The summed E-state index contributed by atoms with van der Waals surface area (Å²) in [6.45, 7) is 2.49. The molecule has 1 atom stereocenters. The summed E-state index contributed by atoms with van der Waals surface area (Å²) in [6.07, 6.45) is 0. The van der Waals surface area contributed by atoms with E-state index in [-0.39, 0.29) is 22.0 Å². The summed E-state index contributed by atoms with van der Waals surface area (Å²) in [5, 5.41) is 20.1. The molecule has 11 heteroatoms. The number of ether oxygens (including phenoxy) is 3. The highest BCUT2D eigenvalue weighted by Gasteiger charge is 2.48. The quantitative estimate of drug-likeness (QED) is 0.252. The van der Waals surface area contributed by atoms with Crippen LogP contribution in [0.3, 0.4) is 0 Å². The zero-order chi connectivity index (χ0) is 24.7. The van der Waals surface area contributed by atoms with Crippen LogP contribution in [0.15, 0.2) is 48.0 Å².